The fraction of sp³-hybridized carbons (Fsp3) is 0.389. The molecule has 3 rings (SSSR count). The molecule has 2 aromatic rings. The van der Waals surface area contributed by atoms with E-state index in [1.54, 1.807) is 10.7 Å². The molecule has 8 heteroatoms. The summed E-state index contributed by atoms with van der Waals surface area (Å²) in [7, 11) is 0. The number of anilines is 1. The van der Waals surface area contributed by atoms with Crippen molar-refractivity contribution in [3.8, 4) is 0 Å². The number of carbonyl (C=O) groups excluding carboxylic acids is 1. The molecule has 0 radical (unpaired) electrons. The van der Waals surface area contributed by atoms with Crippen molar-refractivity contribution in [3.63, 3.8) is 0 Å². The molecule has 1 atom stereocenters. The Labute approximate surface area is 157 Å². The third-order valence-electron chi connectivity index (χ3n) is 4.02. The minimum Gasteiger partial charge on any atom is -0.460 e. The summed E-state index contributed by atoms with van der Waals surface area (Å²) in [6, 6.07) is 6.86. The average Bonchev–Trinajstić information content (AvgIpc) is 3.09. The molecular formula is C18H21ClN4O3. The Hall–Kier alpha value is -2.38. The molecule has 0 spiro atoms. The number of nitrogens with one attached hydrogen (secondary N) is 1. The van der Waals surface area contributed by atoms with Crippen molar-refractivity contribution < 1.29 is 14.3 Å². The Morgan fingerprint density at radius 3 is 2.88 bits per heavy atom. The Bertz CT molecular complexity index is 818. The number of carbonyl (C=O) groups is 1. The fourth-order valence-corrected chi connectivity index (χ4v) is 3.10. The van der Waals surface area contributed by atoms with E-state index in [0.717, 1.165) is 12.0 Å². The normalized spacial score (nSPS) is 16.2. The minimum atomic E-state index is -0.508. The third-order valence-corrected chi connectivity index (χ3v) is 4.37. The number of benzene rings is 1. The Kier molecular flexibility index (Phi) is 5.90. The Morgan fingerprint density at radius 2 is 2.12 bits per heavy atom. The lowest BCUT2D eigenvalue weighted by molar-refractivity contribution is -0.141. The number of hydrogen-bond donors (Lipinski definition) is 1. The number of nitrogens with zero attached hydrogens (tertiary/aromatic N) is 3. The standard InChI is InChI=1S/C18H21ClN4O3/c1-3-8-25-9-10-26-17(24)15-12(2)22-18-20-11-21-23(18)16(15)13-6-4-5-7-14(13)19/h4-7,11,16H,3,8-10H2,1-2H3,(H,20,21,22). The molecule has 1 aromatic heterocycles. The summed E-state index contributed by atoms with van der Waals surface area (Å²) in [6.07, 6.45) is 2.36. The summed E-state index contributed by atoms with van der Waals surface area (Å²) in [4.78, 5) is 17.0. The first-order valence-corrected chi connectivity index (χ1v) is 8.87. The number of aromatic nitrogens is 3. The van der Waals surface area contributed by atoms with Gasteiger partial charge in [0.25, 0.3) is 0 Å². The zero-order valence-electron chi connectivity index (χ0n) is 14.7. The number of esters is 1. The summed E-state index contributed by atoms with van der Waals surface area (Å²) in [5, 5.41) is 7.90. The van der Waals surface area contributed by atoms with Gasteiger partial charge >= 0.3 is 5.97 Å². The molecule has 0 saturated carbocycles. The van der Waals surface area contributed by atoms with E-state index in [9.17, 15) is 4.79 Å². The minimum absolute atomic E-state index is 0.190. The van der Waals surface area contributed by atoms with Crippen LogP contribution in [-0.2, 0) is 14.3 Å². The molecular weight excluding hydrogens is 356 g/mol. The maximum Gasteiger partial charge on any atom is 0.338 e. The van der Waals surface area contributed by atoms with Gasteiger partial charge in [0.2, 0.25) is 5.95 Å². The van der Waals surface area contributed by atoms with Crippen LogP contribution in [0.4, 0.5) is 5.95 Å². The third kappa shape index (κ3) is 3.73. The summed E-state index contributed by atoms with van der Waals surface area (Å²) < 4.78 is 12.4. The molecule has 138 valence electrons. The number of fused-ring (bicyclic) bond motifs is 1. The lowest BCUT2D eigenvalue weighted by Crippen LogP contribution is -2.30. The SMILES string of the molecule is CCCOCCOC(=O)C1=C(C)Nc2ncnn2C1c1ccccc1Cl. The first kappa shape index (κ1) is 18.4. The predicted molar refractivity (Wildman–Crippen MR) is 98.0 cm³/mol. The van der Waals surface area contributed by atoms with Crippen LogP contribution in [-0.4, -0.2) is 40.6 Å². The van der Waals surface area contributed by atoms with Gasteiger partial charge in [0.15, 0.2) is 0 Å². The summed E-state index contributed by atoms with van der Waals surface area (Å²) >= 11 is 6.39. The maximum atomic E-state index is 12.8. The largest absolute Gasteiger partial charge is 0.460 e. The van der Waals surface area contributed by atoms with E-state index in [1.165, 1.54) is 6.33 Å². The maximum absolute atomic E-state index is 12.8. The van der Waals surface area contributed by atoms with Crippen LogP contribution in [0.25, 0.3) is 0 Å². The molecule has 0 fully saturated rings. The zero-order chi connectivity index (χ0) is 18.5. The van der Waals surface area contributed by atoms with Crippen LogP contribution in [0.5, 0.6) is 0 Å². The van der Waals surface area contributed by atoms with Crippen molar-refractivity contribution in [2.75, 3.05) is 25.1 Å². The van der Waals surface area contributed by atoms with Gasteiger partial charge in [-0.15, -0.1) is 0 Å². The van der Waals surface area contributed by atoms with E-state index in [1.807, 2.05) is 32.0 Å². The van der Waals surface area contributed by atoms with Gasteiger partial charge in [-0.2, -0.15) is 10.1 Å². The highest BCUT2D eigenvalue weighted by Gasteiger charge is 2.35. The summed E-state index contributed by atoms with van der Waals surface area (Å²) in [5.74, 6) is 0.122. The van der Waals surface area contributed by atoms with Crippen molar-refractivity contribution in [3.05, 3.63) is 52.4 Å². The first-order valence-electron chi connectivity index (χ1n) is 8.50. The molecule has 1 aliphatic heterocycles. The van der Waals surface area contributed by atoms with Gasteiger partial charge in [-0.25, -0.2) is 9.48 Å². The highest BCUT2D eigenvalue weighted by Crippen LogP contribution is 2.37. The second-order valence-corrected chi connectivity index (χ2v) is 6.27. The smallest absolute Gasteiger partial charge is 0.338 e. The van der Waals surface area contributed by atoms with Crippen LogP contribution in [0, 0.1) is 0 Å². The predicted octanol–water partition coefficient (Wildman–Crippen LogP) is 3.19. The molecule has 1 N–H and O–H groups in total. The fourth-order valence-electron chi connectivity index (χ4n) is 2.86. The second kappa shape index (κ2) is 8.33. The van der Waals surface area contributed by atoms with E-state index in [4.69, 9.17) is 21.1 Å². The number of hydrogen-bond acceptors (Lipinski definition) is 6. The van der Waals surface area contributed by atoms with Gasteiger partial charge in [-0.05, 0) is 19.4 Å². The van der Waals surface area contributed by atoms with E-state index < -0.39 is 12.0 Å². The quantitative estimate of drug-likeness (QED) is 0.590. The lowest BCUT2D eigenvalue weighted by atomic mass is 9.96. The molecule has 0 aliphatic carbocycles. The van der Waals surface area contributed by atoms with Gasteiger partial charge in [0.1, 0.15) is 19.0 Å². The molecule has 0 amide bonds. The van der Waals surface area contributed by atoms with Crippen molar-refractivity contribution in [2.24, 2.45) is 0 Å². The van der Waals surface area contributed by atoms with Crippen LogP contribution >= 0.6 is 11.6 Å². The molecule has 1 aromatic carbocycles. The molecule has 0 saturated heterocycles. The second-order valence-electron chi connectivity index (χ2n) is 5.86. The van der Waals surface area contributed by atoms with Gasteiger partial charge in [-0.1, -0.05) is 36.7 Å². The van der Waals surface area contributed by atoms with E-state index in [-0.39, 0.29) is 6.61 Å². The van der Waals surface area contributed by atoms with Crippen LogP contribution in [0.3, 0.4) is 0 Å². The van der Waals surface area contributed by atoms with Crippen molar-refractivity contribution >= 4 is 23.5 Å². The summed E-state index contributed by atoms with van der Waals surface area (Å²) in [5.41, 5.74) is 1.87. The number of allylic oxidation sites excluding steroid dienone is 1. The molecule has 0 bridgehead atoms. The van der Waals surface area contributed by atoms with Crippen molar-refractivity contribution in [2.45, 2.75) is 26.3 Å². The topological polar surface area (TPSA) is 78.3 Å². The first-order chi connectivity index (χ1) is 12.6. The van der Waals surface area contributed by atoms with Crippen molar-refractivity contribution in [1.29, 1.82) is 0 Å². The highest BCUT2D eigenvalue weighted by atomic mass is 35.5. The Morgan fingerprint density at radius 1 is 1.31 bits per heavy atom. The molecule has 1 aliphatic rings. The van der Waals surface area contributed by atoms with Crippen molar-refractivity contribution in [1.82, 2.24) is 14.8 Å². The van der Waals surface area contributed by atoms with Gasteiger partial charge in [0.05, 0.1) is 12.2 Å². The van der Waals surface area contributed by atoms with Gasteiger partial charge in [0, 0.05) is 22.9 Å². The molecule has 2 heterocycles. The zero-order valence-corrected chi connectivity index (χ0v) is 15.5. The van der Waals surface area contributed by atoms with Crippen LogP contribution < -0.4 is 5.32 Å². The average molecular weight is 377 g/mol. The van der Waals surface area contributed by atoms with Crippen LogP contribution in [0.15, 0.2) is 41.9 Å². The number of rotatable bonds is 7. The Balaban J connectivity index is 1.88. The highest BCUT2D eigenvalue weighted by molar-refractivity contribution is 6.31. The van der Waals surface area contributed by atoms with E-state index in [0.29, 0.717) is 35.5 Å². The van der Waals surface area contributed by atoms with Crippen LogP contribution in [0.1, 0.15) is 31.9 Å². The van der Waals surface area contributed by atoms with E-state index >= 15 is 0 Å². The summed E-state index contributed by atoms with van der Waals surface area (Å²) in [6.45, 7) is 5.04. The number of ether oxygens (including phenoxy) is 2. The van der Waals surface area contributed by atoms with Crippen LogP contribution in [0.2, 0.25) is 5.02 Å². The monoisotopic (exact) mass is 376 g/mol. The molecule has 26 heavy (non-hydrogen) atoms. The van der Waals surface area contributed by atoms with E-state index in [2.05, 4.69) is 15.4 Å². The molecule has 1 unspecified atom stereocenters. The molecule has 7 nitrogen and oxygen atoms in total. The number of halogens is 1. The van der Waals surface area contributed by atoms with Gasteiger partial charge in [-0.3, -0.25) is 0 Å². The lowest BCUT2D eigenvalue weighted by Gasteiger charge is -2.28. The van der Waals surface area contributed by atoms with Gasteiger partial charge < -0.3 is 14.8 Å².